The van der Waals surface area contributed by atoms with Crippen LogP contribution in [-0.2, 0) is 0 Å². The Bertz CT molecular complexity index is 992. The highest BCUT2D eigenvalue weighted by Crippen LogP contribution is 2.32. The van der Waals surface area contributed by atoms with E-state index in [0.717, 1.165) is 36.1 Å². The van der Waals surface area contributed by atoms with Gasteiger partial charge in [0.1, 0.15) is 11.6 Å². The Balaban J connectivity index is 1.37. The van der Waals surface area contributed by atoms with Crippen LogP contribution in [0.1, 0.15) is 39.0 Å². The molecule has 0 bridgehead atoms. The van der Waals surface area contributed by atoms with Gasteiger partial charge >= 0.3 is 0 Å². The zero-order valence-electron chi connectivity index (χ0n) is 19.0. The van der Waals surface area contributed by atoms with Crippen molar-refractivity contribution in [1.82, 2.24) is 19.9 Å². The molecule has 2 heterocycles. The number of anilines is 3. The van der Waals surface area contributed by atoms with Gasteiger partial charge in [0.2, 0.25) is 5.95 Å². The number of hydrogen-bond donors (Lipinski definition) is 2. The fraction of sp³-hybridized carbons (Fsp3) is 0.440. The van der Waals surface area contributed by atoms with E-state index in [1.54, 1.807) is 12.4 Å². The van der Waals surface area contributed by atoms with E-state index < -0.39 is 0 Å². The lowest BCUT2D eigenvalue weighted by atomic mass is 9.77. The van der Waals surface area contributed by atoms with E-state index in [0.29, 0.717) is 23.7 Å². The van der Waals surface area contributed by atoms with Gasteiger partial charge in [-0.2, -0.15) is 4.98 Å². The van der Waals surface area contributed by atoms with Gasteiger partial charge < -0.3 is 16.0 Å². The molecule has 2 unspecified atom stereocenters. The van der Waals surface area contributed by atoms with E-state index in [4.69, 9.17) is 15.7 Å². The van der Waals surface area contributed by atoms with Gasteiger partial charge in [-0.15, -0.1) is 0 Å². The molecule has 3 N–H and O–H groups in total. The summed E-state index contributed by atoms with van der Waals surface area (Å²) in [4.78, 5) is 20.2. The van der Waals surface area contributed by atoms with Crippen molar-refractivity contribution in [2.75, 3.05) is 23.8 Å². The molecule has 7 nitrogen and oxygen atoms in total. The summed E-state index contributed by atoms with van der Waals surface area (Å²) in [5.74, 6) is 4.31. The summed E-state index contributed by atoms with van der Waals surface area (Å²) in [5, 5.41) is 3.41. The number of benzene rings is 1. The summed E-state index contributed by atoms with van der Waals surface area (Å²) in [6.07, 6.45) is 9.78. The smallest absolute Gasteiger partial charge is 0.224 e. The number of nitrogens with two attached hydrogens (primary N) is 1. The normalized spacial score (nSPS) is 19.3. The lowest BCUT2D eigenvalue weighted by Crippen LogP contribution is -2.31. The Morgan fingerprint density at radius 2 is 1.78 bits per heavy atom. The molecular weight excluding hydrogens is 398 g/mol. The van der Waals surface area contributed by atoms with Crippen molar-refractivity contribution in [1.29, 1.82) is 0 Å². The van der Waals surface area contributed by atoms with E-state index in [9.17, 15) is 0 Å². The molecule has 3 atom stereocenters. The second-order valence-corrected chi connectivity index (χ2v) is 8.77. The predicted octanol–water partition coefficient (Wildman–Crippen LogP) is 4.66. The van der Waals surface area contributed by atoms with Crippen LogP contribution in [0.15, 0.2) is 54.9 Å². The van der Waals surface area contributed by atoms with E-state index in [2.05, 4.69) is 22.2 Å². The monoisotopic (exact) mass is 431 g/mol. The van der Waals surface area contributed by atoms with Gasteiger partial charge in [0, 0.05) is 37.6 Å². The molecule has 3 aromatic rings. The quantitative estimate of drug-likeness (QED) is 0.536. The average molecular weight is 432 g/mol. The lowest BCUT2D eigenvalue weighted by molar-refractivity contribution is 0.234. The van der Waals surface area contributed by atoms with E-state index in [1.807, 2.05) is 54.4 Å². The van der Waals surface area contributed by atoms with Crippen LogP contribution in [0.25, 0.3) is 11.4 Å². The molecule has 0 radical (unpaired) electrons. The van der Waals surface area contributed by atoms with Crippen molar-refractivity contribution >= 4 is 17.6 Å². The van der Waals surface area contributed by atoms with E-state index in [1.165, 1.54) is 25.7 Å². The van der Waals surface area contributed by atoms with E-state index in [-0.39, 0.29) is 0 Å². The molecule has 1 aromatic carbocycles. The standard InChI is InChI=1S/C25H33N7/c1-18(26)21-10-6-7-19(17-21)11-14-28-25-29-16-13-23(31-25)32(2)22-12-15-27-24(30-22)20-8-4-3-5-9-20/h3-5,8-9,12-13,15-16,18-19,21H,6-7,10-11,14,17,26H2,1-2H3,(H,28,29,31)/t18-,19?,21?/m0/s1. The molecule has 7 heteroatoms. The van der Waals surface area contributed by atoms with Crippen LogP contribution in [0.4, 0.5) is 17.6 Å². The fourth-order valence-corrected chi connectivity index (χ4v) is 4.46. The number of nitrogens with zero attached hydrogens (tertiary/aromatic N) is 5. The molecule has 1 aliphatic rings. The topological polar surface area (TPSA) is 92.8 Å². The van der Waals surface area contributed by atoms with E-state index >= 15 is 0 Å². The predicted molar refractivity (Wildman–Crippen MR) is 130 cm³/mol. The van der Waals surface area contributed by atoms with Gasteiger partial charge in [-0.3, -0.25) is 0 Å². The highest BCUT2D eigenvalue weighted by atomic mass is 15.2. The minimum Gasteiger partial charge on any atom is -0.354 e. The van der Waals surface area contributed by atoms with Crippen molar-refractivity contribution in [3.8, 4) is 11.4 Å². The zero-order chi connectivity index (χ0) is 22.3. The molecular formula is C25H33N7. The molecule has 32 heavy (non-hydrogen) atoms. The minimum absolute atomic E-state index is 0.297. The van der Waals surface area contributed by atoms with Crippen molar-refractivity contribution in [2.24, 2.45) is 17.6 Å². The van der Waals surface area contributed by atoms with Crippen molar-refractivity contribution < 1.29 is 0 Å². The average Bonchev–Trinajstić information content (AvgIpc) is 2.84. The number of aromatic nitrogens is 4. The van der Waals surface area contributed by atoms with Crippen LogP contribution < -0.4 is 16.0 Å². The zero-order valence-corrected chi connectivity index (χ0v) is 19.0. The summed E-state index contributed by atoms with van der Waals surface area (Å²) < 4.78 is 0. The first-order valence-corrected chi connectivity index (χ1v) is 11.5. The minimum atomic E-state index is 0.297. The Labute approximate surface area is 190 Å². The third-order valence-corrected chi connectivity index (χ3v) is 6.40. The first-order chi connectivity index (χ1) is 15.6. The number of nitrogens with one attached hydrogen (secondary N) is 1. The molecule has 0 spiro atoms. The maximum atomic E-state index is 6.14. The largest absolute Gasteiger partial charge is 0.354 e. The summed E-state index contributed by atoms with van der Waals surface area (Å²) in [6, 6.07) is 14.1. The van der Waals surface area contributed by atoms with Gasteiger partial charge in [0.25, 0.3) is 0 Å². The first-order valence-electron chi connectivity index (χ1n) is 11.5. The van der Waals surface area contributed by atoms with Gasteiger partial charge in [-0.1, -0.05) is 43.2 Å². The van der Waals surface area contributed by atoms with Crippen molar-refractivity contribution in [3.05, 3.63) is 54.9 Å². The fourth-order valence-electron chi connectivity index (χ4n) is 4.46. The van der Waals surface area contributed by atoms with Crippen LogP contribution in [0.2, 0.25) is 0 Å². The molecule has 0 aliphatic heterocycles. The Morgan fingerprint density at radius 1 is 1.03 bits per heavy atom. The molecule has 0 amide bonds. The van der Waals surface area contributed by atoms with Crippen LogP contribution >= 0.6 is 0 Å². The summed E-state index contributed by atoms with van der Waals surface area (Å²) in [6.45, 7) is 3.01. The van der Waals surface area contributed by atoms with Gasteiger partial charge in [0.05, 0.1) is 0 Å². The van der Waals surface area contributed by atoms with Gasteiger partial charge in [-0.05, 0) is 50.2 Å². The SMILES string of the molecule is C[C@H](N)C1CCCC(CCNc2nccc(N(C)c3ccnc(-c4ccccc4)n3)n2)C1. The second-order valence-electron chi connectivity index (χ2n) is 8.77. The second kappa shape index (κ2) is 10.5. The molecule has 0 saturated heterocycles. The maximum absolute atomic E-state index is 6.14. The Hall–Kier alpha value is -3.06. The third kappa shape index (κ3) is 5.59. The number of rotatable bonds is 8. The first kappa shape index (κ1) is 22.1. The highest BCUT2D eigenvalue weighted by molar-refractivity contribution is 5.61. The van der Waals surface area contributed by atoms with Crippen LogP contribution in [0, 0.1) is 11.8 Å². The van der Waals surface area contributed by atoms with Gasteiger partial charge in [0.15, 0.2) is 5.82 Å². The van der Waals surface area contributed by atoms with Crippen LogP contribution in [0.3, 0.4) is 0 Å². The molecule has 2 aromatic heterocycles. The van der Waals surface area contributed by atoms with Gasteiger partial charge in [-0.25, -0.2) is 15.0 Å². The summed E-state index contributed by atoms with van der Waals surface area (Å²) >= 11 is 0. The molecule has 4 rings (SSSR count). The molecule has 1 fully saturated rings. The summed E-state index contributed by atoms with van der Waals surface area (Å²) in [7, 11) is 1.96. The number of hydrogen-bond acceptors (Lipinski definition) is 7. The lowest BCUT2D eigenvalue weighted by Gasteiger charge is -2.31. The molecule has 168 valence electrons. The summed E-state index contributed by atoms with van der Waals surface area (Å²) in [5.41, 5.74) is 7.12. The van der Waals surface area contributed by atoms with Crippen molar-refractivity contribution in [3.63, 3.8) is 0 Å². The third-order valence-electron chi connectivity index (χ3n) is 6.40. The van der Waals surface area contributed by atoms with Crippen LogP contribution in [0.5, 0.6) is 0 Å². The Morgan fingerprint density at radius 3 is 2.56 bits per heavy atom. The maximum Gasteiger partial charge on any atom is 0.224 e. The highest BCUT2D eigenvalue weighted by Gasteiger charge is 2.24. The molecule has 1 saturated carbocycles. The Kier molecular flexibility index (Phi) is 7.27. The van der Waals surface area contributed by atoms with Crippen molar-refractivity contribution in [2.45, 2.75) is 45.1 Å². The molecule has 1 aliphatic carbocycles. The van der Waals surface area contributed by atoms with Crippen LogP contribution in [-0.4, -0.2) is 39.6 Å².